The molecule has 7 N–H and O–H groups in total. The van der Waals surface area contributed by atoms with Crippen LogP contribution in [0.1, 0.15) is 232 Å². The average Bonchev–Trinajstić information content (AvgIpc) is 3.39. The van der Waals surface area contributed by atoms with E-state index >= 15 is 0 Å². The lowest BCUT2D eigenvalue weighted by Gasteiger charge is -2.42. The second-order valence-electron chi connectivity index (χ2n) is 20.8. The summed E-state index contributed by atoms with van der Waals surface area (Å²) in [6.07, 6.45) is 37.8. The summed E-state index contributed by atoms with van der Waals surface area (Å²) in [5, 5.41) is 72.3. The molecule has 73 heavy (non-hydrogen) atoms. The number of hydrogen-bond donors (Lipinski definition) is 7. The van der Waals surface area contributed by atoms with Gasteiger partial charge in [0.25, 0.3) is 0 Å². The van der Waals surface area contributed by atoms with Crippen LogP contribution >= 0.6 is 0 Å². The molecule has 14 heteroatoms. The lowest BCUT2D eigenvalue weighted by molar-refractivity contribution is -0.332. The van der Waals surface area contributed by atoms with Crippen molar-refractivity contribution in [3.05, 3.63) is 36.5 Å². The molecule has 2 rings (SSSR count). The molecule has 11 unspecified atom stereocenters. The zero-order chi connectivity index (χ0) is 53.0. The summed E-state index contributed by atoms with van der Waals surface area (Å²) in [5.74, 6) is -0.383. The number of ether oxygens (including phenoxy) is 6. The molecule has 0 bridgehead atoms. The first-order valence-corrected chi connectivity index (χ1v) is 29.6. The second-order valence-corrected chi connectivity index (χ2v) is 20.8. The molecule has 0 spiro atoms. The van der Waals surface area contributed by atoms with Crippen LogP contribution in [0.4, 0.5) is 0 Å². The standard InChI is InChI=1S/C59H108O14/c1-3-5-7-9-11-13-15-17-19-20-21-22-23-24-25-26-27-29-31-33-35-37-39-41-43-68-45-48(71-51(61)42-40-38-36-34-32-30-28-18-16-14-12-10-8-6-4-2)46-69-58-57(67)55(65)53(63)50(73-58)47-70-59-56(66)54(64)52(62)49(44-60)72-59/h15,17-18,20-21,28,48-50,52-60,62-67H,3-14,16,19,22-27,29-47H2,1-2H3/b17-15-,21-20-,28-18-. The number of aliphatic hydroxyl groups is 7. The monoisotopic (exact) mass is 1040 g/mol. The number of carbonyl (C=O) groups excluding carboxylic acids is 1. The van der Waals surface area contributed by atoms with E-state index in [1.54, 1.807) is 0 Å². The Morgan fingerprint density at radius 3 is 1.33 bits per heavy atom. The number of carbonyl (C=O) groups is 1. The smallest absolute Gasteiger partial charge is 0.306 e. The Morgan fingerprint density at radius 2 is 0.849 bits per heavy atom. The van der Waals surface area contributed by atoms with Crippen LogP contribution in [-0.4, -0.2) is 142 Å². The fraction of sp³-hybridized carbons (Fsp3) is 0.881. The molecule has 0 amide bonds. The fourth-order valence-corrected chi connectivity index (χ4v) is 9.31. The Kier molecular flexibility index (Phi) is 42.7. The van der Waals surface area contributed by atoms with Crippen molar-refractivity contribution in [3.8, 4) is 0 Å². The van der Waals surface area contributed by atoms with Crippen molar-refractivity contribution >= 4 is 5.97 Å². The van der Waals surface area contributed by atoms with Gasteiger partial charge in [0.05, 0.1) is 26.4 Å². The Bertz CT molecular complexity index is 1350. The number of esters is 1. The number of allylic oxidation sites excluding steroid dienone is 6. The second kappa shape index (κ2) is 46.3. The highest BCUT2D eigenvalue weighted by atomic mass is 16.7. The number of hydrogen-bond acceptors (Lipinski definition) is 14. The largest absolute Gasteiger partial charge is 0.457 e. The van der Waals surface area contributed by atoms with E-state index in [1.807, 2.05) is 0 Å². The van der Waals surface area contributed by atoms with Gasteiger partial charge in [0, 0.05) is 13.0 Å². The zero-order valence-corrected chi connectivity index (χ0v) is 45.9. The number of unbranched alkanes of at least 4 members (excludes halogenated alkanes) is 28. The van der Waals surface area contributed by atoms with Crippen molar-refractivity contribution in [2.45, 2.75) is 300 Å². The highest BCUT2D eigenvalue weighted by Crippen LogP contribution is 2.27. The van der Waals surface area contributed by atoms with Crippen molar-refractivity contribution in [1.29, 1.82) is 0 Å². The van der Waals surface area contributed by atoms with Crippen LogP contribution in [0.5, 0.6) is 0 Å². The Labute approximate surface area is 442 Å². The van der Waals surface area contributed by atoms with E-state index in [-0.39, 0.29) is 25.6 Å². The maximum absolute atomic E-state index is 13.0. The van der Waals surface area contributed by atoms with Crippen molar-refractivity contribution in [2.24, 2.45) is 0 Å². The number of rotatable bonds is 48. The lowest BCUT2D eigenvalue weighted by atomic mass is 9.98. The third-order valence-electron chi connectivity index (χ3n) is 14.1. The van der Waals surface area contributed by atoms with Gasteiger partial charge in [0.2, 0.25) is 0 Å². The van der Waals surface area contributed by atoms with Gasteiger partial charge in [-0.05, 0) is 70.6 Å². The van der Waals surface area contributed by atoms with Crippen molar-refractivity contribution in [2.75, 3.05) is 33.0 Å². The molecular weight excluding hydrogens is 933 g/mol. The van der Waals surface area contributed by atoms with Gasteiger partial charge >= 0.3 is 5.97 Å². The van der Waals surface area contributed by atoms with Gasteiger partial charge in [0.15, 0.2) is 12.6 Å². The normalized spacial score (nSPS) is 25.2. The molecule has 2 heterocycles. The van der Waals surface area contributed by atoms with Crippen LogP contribution < -0.4 is 0 Å². The third-order valence-corrected chi connectivity index (χ3v) is 14.1. The lowest BCUT2D eigenvalue weighted by Crippen LogP contribution is -2.61. The van der Waals surface area contributed by atoms with Gasteiger partial charge in [-0.15, -0.1) is 0 Å². The van der Waals surface area contributed by atoms with Crippen LogP contribution in [0.2, 0.25) is 0 Å². The maximum Gasteiger partial charge on any atom is 0.306 e. The molecule has 428 valence electrons. The highest BCUT2D eigenvalue weighted by Gasteiger charge is 2.47. The van der Waals surface area contributed by atoms with Crippen molar-refractivity contribution in [3.63, 3.8) is 0 Å². The van der Waals surface area contributed by atoms with Gasteiger partial charge in [-0.3, -0.25) is 4.79 Å². The summed E-state index contributed by atoms with van der Waals surface area (Å²) in [4.78, 5) is 13.0. The van der Waals surface area contributed by atoms with E-state index in [0.29, 0.717) is 13.0 Å². The molecule has 0 saturated carbocycles. The molecule has 0 aromatic heterocycles. The van der Waals surface area contributed by atoms with Crippen LogP contribution in [0.15, 0.2) is 36.5 Å². The molecule has 2 fully saturated rings. The highest BCUT2D eigenvalue weighted by molar-refractivity contribution is 5.69. The Balaban J connectivity index is 1.69. The minimum atomic E-state index is -1.71. The molecule has 11 atom stereocenters. The summed E-state index contributed by atoms with van der Waals surface area (Å²) in [6, 6.07) is 0. The molecule has 2 aliphatic rings. The van der Waals surface area contributed by atoms with E-state index in [9.17, 15) is 40.5 Å². The van der Waals surface area contributed by atoms with E-state index in [4.69, 9.17) is 28.4 Å². The number of aliphatic hydroxyl groups excluding tert-OH is 7. The van der Waals surface area contributed by atoms with E-state index in [1.165, 1.54) is 141 Å². The van der Waals surface area contributed by atoms with Crippen LogP contribution in [0, 0.1) is 0 Å². The Hall–Kier alpha value is -1.79. The summed E-state index contributed by atoms with van der Waals surface area (Å²) in [5.41, 5.74) is 0. The first-order valence-electron chi connectivity index (χ1n) is 29.6. The predicted molar refractivity (Wildman–Crippen MR) is 289 cm³/mol. The van der Waals surface area contributed by atoms with Crippen LogP contribution in [-0.2, 0) is 33.2 Å². The van der Waals surface area contributed by atoms with E-state index < -0.39 is 80.7 Å². The molecule has 14 nitrogen and oxygen atoms in total. The van der Waals surface area contributed by atoms with E-state index in [2.05, 4.69) is 50.3 Å². The van der Waals surface area contributed by atoms with Gasteiger partial charge in [-0.1, -0.05) is 192 Å². The summed E-state index contributed by atoms with van der Waals surface area (Å²) >= 11 is 0. The van der Waals surface area contributed by atoms with Gasteiger partial charge < -0.3 is 64.2 Å². The molecular formula is C59H108O14. The summed E-state index contributed by atoms with van der Waals surface area (Å²) < 4.78 is 34.4. The minimum absolute atomic E-state index is 0.0589. The molecule has 2 saturated heterocycles. The first-order chi connectivity index (χ1) is 35.6. The summed E-state index contributed by atoms with van der Waals surface area (Å²) in [6.45, 7) is 3.69. The predicted octanol–water partition coefficient (Wildman–Crippen LogP) is 10.5. The first kappa shape index (κ1) is 67.3. The van der Waals surface area contributed by atoms with Crippen LogP contribution in [0.25, 0.3) is 0 Å². The molecule has 0 aromatic rings. The summed E-state index contributed by atoms with van der Waals surface area (Å²) in [7, 11) is 0. The molecule has 0 aromatic carbocycles. The molecule has 0 radical (unpaired) electrons. The fourth-order valence-electron chi connectivity index (χ4n) is 9.31. The van der Waals surface area contributed by atoms with E-state index in [0.717, 1.165) is 64.2 Å². The third kappa shape index (κ3) is 33.2. The van der Waals surface area contributed by atoms with Crippen molar-refractivity contribution in [1.82, 2.24) is 0 Å². The molecule has 0 aliphatic carbocycles. The Morgan fingerprint density at radius 1 is 0.452 bits per heavy atom. The van der Waals surface area contributed by atoms with Gasteiger partial charge in [0.1, 0.15) is 54.9 Å². The van der Waals surface area contributed by atoms with Crippen LogP contribution in [0.3, 0.4) is 0 Å². The van der Waals surface area contributed by atoms with Gasteiger partial charge in [-0.2, -0.15) is 0 Å². The average molecular weight is 1040 g/mol. The SMILES string of the molecule is CCCCCCC/C=C\C/C=C\CCCCCCCCCCCCCCOCC(COC1OC(COC2OC(CO)C(O)C(O)C2O)C(O)C(O)C1O)OC(=O)CCCCCCC/C=C\CCCCCCCC. The minimum Gasteiger partial charge on any atom is -0.457 e. The van der Waals surface area contributed by atoms with Crippen molar-refractivity contribution < 1.29 is 69.0 Å². The van der Waals surface area contributed by atoms with Gasteiger partial charge in [-0.25, -0.2) is 0 Å². The quantitative estimate of drug-likeness (QED) is 0.0172. The molecule has 2 aliphatic heterocycles. The maximum atomic E-state index is 13.0. The topological polar surface area (TPSA) is 214 Å². The zero-order valence-electron chi connectivity index (χ0n) is 45.9.